The number of phenolic OH excluding ortho intramolecular Hbond substituents is 2. The Morgan fingerprint density at radius 3 is 1.02 bits per heavy atom. The van der Waals surface area contributed by atoms with Gasteiger partial charge in [-0.15, -0.1) is 0 Å². The summed E-state index contributed by atoms with van der Waals surface area (Å²) in [6, 6.07) is 68.9. The van der Waals surface area contributed by atoms with E-state index in [1.54, 1.807) is 24.3 Å². The van der Waals surface area contributed by atoms with Crippen LogP contribution in [-0.2, 0) is 0 Å². The van der Waals surface area contributed by atoms with Gasteiger partial charge in [0.25, 0.3) is 0 Å². The van der Waals surface area contributed by atoms with E-state index in [1.165, 1.54) is 0 Å². The number of aromatic hydroxyl groups is 2. The number of benzene rings is 10. The Morgan fingerprint density at radius 1 is 0.306 bits per heavy atom. The molecule has 10 aromatic carbocycles. The Bertz CT molecular complexity index is 3290. The van der Waals surface area contributed by atoms with Gasteiger partial charge >= 0.3 is 8.24 Å². The molecule has 11 rings (SSSR count). The molecule has 1 heterocycles. The molecule has 0 radical (unpaired) electrons. The van der Waals surface area contributed by atoms with Crippen LogP contribution >= 0.6 is 8.24 Å². The molecule has 6 heteroatoms. The second-order valence-corrected chi connectivity index (χ2v) is 16.4. The number of hydrogen-bond donors (Lipinski definition) is 3. The Kier molecular flexibility index (Phi) is 9.20. The van der Waals surface area contributed by atoms with Gasteiger partial charge in [0.05, 0.1) is 0 Å². The standard InChI is InChI=1S/C56H37O5P/c57-47-23-19-37(20-24-47)43-27-41(35-11-3-1-4-12-35)29-45(31-43)51-33-39-15-7-9-17-49(39)53-54-50-18-10-8-16-40(50)34-52(56(54)61-62(59)60-55(51)53)46-30-42(36-13-5-2-6-14-36)28-44(32-46)38-21-25-48(58)26-22-38/h1-34,57-59H. The number of phenols is 2. The fourth-order valence-electron chi connectivity index (χ4n) is 8.75. The second kappa shape index (κ2) is 15.3. The molecule has 1 aromatic heterocycles. The number of hydrogen-bond acceptors (Lipinski definition) is 5. The first-order valence-electron chi connectivity index (χ1n) is 20.4. The summed E-state index contributed by atoms with van der Waals surface area (Å²) in [7, 11) is -2.48. The van der Waals surface area contributed by atoms with Crippen LogP contribution < -0.4 is 0 Å². The third kappa shape index (κ3) is 6.76. The fraction of sp³-hybridized carbons (Fsp3) is 0. The number of fused-ring (bicyclic) bond motifs is 7. The maximum atomic E-state index is 12.0. The average molecular weight is 821 g/mol. The van der Waals surface area contributed by atoms with Crippen LogP contribution in [0.4, 0.5) is 0 Å². The van der Waals surface area contributed by atoms with Crippen molar-refractivity contribution >= 4 is 51.7 Å². The fourth-order valence-corrected chi connectivity index (χ4v) is 9.48. The Labute approximate surface area is 358 Å². The van der Waals surface area contributed by atoms with Crippen molar-refractivity contribution in [3.63, 3.8) is 0 Å². The summed E-state index contributed by atoms with van der Waals surface area (Å²) in [5.74, 6) is 0.401. The minimum Gasteiger partial charge on any atom is -0.508 e. The molecule has 11 aromatic rings. The van der Waals surface area contributed by atoms with Crippen molar-refractivity contribution in [2.24, 2.45) is 0 Å². The van der Waals surface area contributed by atoms with E-state index in [2.05, 4.69) is 97.1 Å². The molecule has 0 bridgehead atoms. The van der Waals surface area contributed by atoms with E-state index in [1.807, 2.05) is 84.9 Å². The molecule has 0 aliphatic heterocycles. The molecule has 0 fully saturated rings. The van der Waals surface area contributed by atoms with E-state index in [0.717, 1.165) is 99.1 Å². The summed E-state index contributed by atoms with van der Waals surface area (Å²) in [4.78, 5) is 12.0. The lowest BCUT2D eigenvalue weighted by Gasteiger charge is -2.15. The second-order valence-electron chi connectivity index (χ2n) is 15.5. The molecule has 62 heavy (non-hydrogen) atoms. The minimum absolute atomic E-state index is 0.200. The molecule has 0 aliphatic carbocycles. The molecule has 0 atom stereocenters. The predicted octanol–water partition coefficient (Wildman–Crippen LogP) is 15.8. The largest absolute Gasteiger partial charge is 0.508 e. The van der Waals surface area contributed by atoms with Crippen LogP contribution in [-0.4, -0.2) is 15.1 Å². The highest BCUT2D eigenvalue weighted by molar-refractivity contribution is 7.30. The summed E-state index contributed by atoms with van der Waals surface area (Å²) in [5, 5.41) is 26.0. The van der Waals surface area contributed by atoms with E-state index < -0.39 is 8.24 Å². The van der Waals surface area contributed by atoms with Crippen LogP contribution in [0.15, 0.2) is 215 Å². The van der Waals surface area contributed by atoms with Gasteiger partial charge in [-0.2, -0.15) is 0 Å². The van der Waals surface area contributed by atoms with Gasteiger partial charge in [-0.3, -0.25) is 4.89 Å². The lowest BCUT2D eigenvalue weighted by Crippen LogP contribution is -1.90. The maximum absolute atomic E-state index is 12.0. The molecule has 0 spiro atoms. The van der Waals surface area contributed by atoms with Crippen molar-refractivity contribution in [3.8, 4) is 78.3 Å². The molecule has 296 valence electrons. The van der Waals surface area contributed by atoms with Crippen LogP contribution in [0.2, 0.25) is 0 Å². The molecule has 0 aliphatic rings. The van der Waals surface area contributed by atoms with E-state index in [9.17, 15) is 15.1 Å². The molecular weight excluding hydrogens is 784 g/mol. The van der Waals surface area contributed by atoms with Crippen LogP contribution in [0, 0.1) is 0 Å². The van der Waals surface area contributed by atoms with Crippen LogP contribution in [0.1, 0.15) is 0 Å². The molecule has 0 unspecified atom stereocenters. The predicted molar refractivity (Wildman–Crippen MR) is 255 cm³/mol. The van der Waals surface area contributed by atoms with Crippen molar-refractivity contribution in [2.45, 2.75) is 0 Å². The lowest BCUT2D eigenvalue weighted by atomic mass is 9.88. The zero-order valence-corrected chi connectivity index (χ0v) is 34.1. The Morgan fingerprint density at radius 2 is 0.629 bits per heavy atom. The van der Waals surface area contributed by atoms with Crippen molar-refractivity contribution in [2.75, 3.05) is 0 Å². The van der Waals surface area contributed by atoms with E-state index in [0.29, 0.717) is 11.2 Å². The maximum Gasteiger partial charge on any atom is 0.384 e. The lowest BCUT2D eigenvalue weighted by molar-refractivity contribution is 0.475. The minimum atomic E-state index is -2.48. The molecule has 0 saturated heterocycles. The molecular formula is C56H37O5P. The Balaban J connectivity index is 1.27. The zero-order valence-electron chi connectivity index (χ0n) is 33.2. The topological polar surface area (TPSA) is 87.0 Å². The first kappa shape index (κ1) is 37.2. The van der Waals surface area contributed by atoms with Gasteiger partial charge in [0, 0.05) is 21.9 Å². The van der Waals surface area contributed by atoms with Gasteiger partial charge in [-0.05, 0) is 150 Å². The van der Waals surface area contributed by atoms with Gasteiger partial charge in [-0.1, -0.05) is 133 Å². The number of rotatable bonds is 6. The van der Waals surface area contributed by atoms with E-state index in [-0.39, 0.29) is 11.5 Å². The van der Waals surface area contributed by atoms with Crippen LogP contribution in [0.5, 0.6) is 11.5 Å². The summed E-state index contributed by atoms with van der Waals surface area (Å²) >= 11 is 0. The van der Waals surface area contributed by atoms with E-state index >= 15 is 0 Å². The highest BCUT2D eigenvalue weighted by Crippen LogP contribution is 2.48. The van der Waals surface area contributed by atoms with Gasteiger partial charge in [0.1, 0.15) is 11.5 Å². The molecule has 0 saturated carbocycles. The Hall–Kier alpha value is -7.82. The van der Waals surface area contributed by atoms with Gasteiger partial charge in [0.15, 0.2) is 11.2 Å². The summed E-state index contributed by atoms with van der Waals surface area (Å²) in [5.41, 5.74) is 12.5. The normalized spacial score (nSPS) is 11.4. The van der Waals surface area contributed by atoms with Crippen molar-refractivity contribution in [1.29, 1.82) is 0 Å². The van der Waals surface area contributed by atoms with Crippen molar-refractivity contribution in [1.82, 2.24) is 0 Å². The van der Waals surface area contributed by atoms with Gasteiger partial charge in [0.2, 0.25) is 0 Å². The highest BCUT2D eigenvalue weighted by atomic mass is 31.1. The highest BCUT2D eigenvalue weighted by Gasteiger charge is 2.22. The average Bonchev–Trinajstić information content (AvgIpc) is 3.48. The first-order chi connectivity index (χ1) is 30.4. The third-order valence-electron chi connectivity index (χ3n) is 11.7. The van der Waals surface area contributed by atoms with Crippen molar-refractivity contribution in [3.05, 3.63) is 206 Å². The summed E-state index contributed by atoms with van der Waals surface area (Å²) < 4.78 is 13.4. The first-order valence-corrected chi connectivity index (χ1v) is 21.5. The molecule has 3 N–H and O–H groups in total. The van der Waals surface area contributed by atoms with Gasteiger partial charge in [-0.25, -0.2) is 0 Å². The third-order valence-corrected chi connectivity index (χ3v) is 12.4. The van der Waals surface area contributed by atoms with E-state index in [4.69, 9.17) is 8.39 Å². The summed E-state index contributed by atoms with van der Waals surface area (Å²) in [6.07, 6.45) is 0. The smallest absolute Gasteiger partial charge is 0.384 e. The zero-order chi connectivity index (χ0) is 41.7. The quantitative estimate of drug-likeness (QED) is 0.156. The van der Waals surface area contributed by atoms with Crippen LogP contribution in [0.25, 0.3) is 110 Å². The van der Waals surface area contributed by atoms with Gasteiger partial charge < -0.3 is 18.6 Å². The van der Waals surface area contributed by atoms with Crippen LogP contribution in [0.3, 0.4) is 0 Å². The molecule has 0 amide bonds. The summed E-state index contributed by atoms with van der Waals surface area (Å²) in [6.45, 7) is 0. The monoisotopic (exact) mass is 820 g/mol. The SMILES string of the molecule is Oc1ccc(-c2cc(-c3ccccc3)cc(-c3cc4ccccc4c4c3op(O)oc3c(-c5cc(-c6ccccc6)cc(-c6ccc(O)cc6)c5)cc5ccccc5c34)c2)cc1. The molecule has 5 nitrogen and oxygen atoms in total. The van der Waals surface area contributed by atoms with Crippen molar-refractivity contribution < 1.29 is 23.5 Å².